The Morgan fingerprint density at radius 1 is 1.26 bits per heavy atom. The Morgan fingerprint density at radius 3 is 2.58 bits per heavy atom. The van der Waals surface area contributed by atoms with E-state index in [1.54, 1.807) is 19.2 Å². The summed E-state index contributed by atoms with van der Waals surface area (Å²) in [5.74, 6) is -0.538. The zero-order chi connectivity index (χ0) is 14.2. The fourth-order valence-corrected chi connectivity index (χ4v) is 2.36. The van der Waals surface area contributed by atoms with E-state index in [9.17, 15) is 14.7 Å². The molecule has 0 aliphatic heterocycles. The maximum absolute atomic E-state index is 12.4. The second-order valence-electron chi connectivity index (χ2n) is 4.91. The minimum absolute atomic E-state index is 0.159. The number of carbonyl (C=O) groups is 2. The number of ketones is 2. The Morgan fingerprint density at radius 2 is 1.95 bits per heavy atom. The first kappa shape index (κ1) is 13.6. The molecule has 0 amide bonds. The summed E-state index contributed by atoms with van der Waals surface area (Å²) < 4.78 is 0. The van der Waals surface area contributed by atoms with Crippen molar-refractivity contribution < 1.29 is 14.7 Å². The van der Waals surface area contributed by atoms with Crippen LogP contribution in [0.3, 0.4) is 0 Å². The number of fused-ring (bicyclic) bond motifs is 1. The Bertz CT molecular complexity index is 587. The van der Waals surface area contributed by atoms with Crippen molar-refractivity contribution >= 4 is 11.6 Å². The number of nitrogens with zero attached hydrogens (tertiary/aromatic N) is 1. The highest BCUT2D eigenvalue weighted by Gasteiger charge is 2.34. The molecule has 0 radical (unpaired) electrons. The van der Waals surface area contributed by atoms with Gasteiger partial charge in [-0.05, 0) is 31.9 Å². The number of hydrogen-bond donors (Lipinski definition) is 1. The van der Waals surface area contributed by atoms with E-state index in [1.807, 2.05) is 13.8 Å². The summed E-state index contributed by atoms with van der Waals surface area (Å²) in [6.07, 6.45) is 1.88. The van der Waals surface area contributed by atoms with Gasteiger partial charge in [0.1, 0.15) is 5.69 Å². The van der Waals surface area contributed by atoms with Crippen LogP contribution in [0, 0.1) is 6.92 Å². The molecule has 1 aliphatic carbocycles. The van der Waals surface area contributed by atoms with Gasteiger partial charge in [0.05, 0.1) is 11.7 Å². The van der Waals surface area contributed by atoms with E-state index in [2.05, 4.69) is 4.98 Å². The first-order valence-electron chi connectivity index (χ1n) is 6.42. The third-order valence-corrected chi connectivity index (χ3v) is 3.37. The molecule has 1 aliphatic rings. The molecule has 1 N–H and O–H groups in total. The van der Waals surface area contributed by atoms with Crippen LogP contribution in [0.1, 0.15) is 53.1 Å². The van der Waals surface area contributed by atoms with Gasteiger partial charge in [-0.2, -0.15) is 0 Å². The first-order chi connectivity index (χ1) is 8.97. The van der Waals surface area contributed by atoms with E-state index in [1.165, 1.54) is 0 Å². The van der Waals surface area contributed by atoms with E-state index in [0.29, 0.717) is 17.6 Å². The van der Waals surface area contributed by atoms with Gasteiger partial charge in [0.25, 0.3) is 0 Å². The Kier molecular flexibility index (Phi) is 3.62. The van der Waals surface area contributed by atoms with Gasteiger partial charge in [-0.25, -0.2) is 0 Å². The summed E-state index contributed by atoms with van der Waals surface area (Å²) in [5, 5.41) is 10.1. The van der Waals surface area contributed by atoms with Gasteiger partial charge in [-0.1, -0.05) is 13.3 Å². The van der Waals surface area contributed by atoms with Crippen LogP contribution < -0.4 is 0 Å². The topological polar surface area (TPSA) is 67.3 Å². The zero-order valence-corrected chi connectivity index (χ0v) is 11.4. The minimum Gasteiger partial charge on any atom is -0.388 e. The van der Waals surface area contributed by atoms with Crippen molar-refractivity contribution in [3.63, 3.8) is 0 Å². The molecule has 4 nitrogen and oxygen atoms in total. The van der Waals surface area contributed by atoms with E-state index in [0.717, 1.165) is 12.0 Å². The summed E-state index contributed by atoms with van der Waals surface area (Å²) in [6, 6.07) is 1.68. The van der Waals surface area contributed by atoms with Crippen LogP contribution >= 0.6 is 0 Å². The van der Waals surface area contributed by atoms with Crippen LogP contribution in [-0.2, 0) is 0 Å². The number of hydrogen-bond acceptors (Lipinski definition) is 4. The molecule has 19 heavy (non-hydrogen) atoms. The van der Waals surface area contributed by atoms with Crippen molar-refractivity contribution in [1.82, 2.24) is 4.98 Å². The number of Topliss-reactive ketones (excluding diaryl/α,β-unsaturated/α-hetero) is 2. The second-order valence-corrected chi connectivity index (χ2v) is 4.91. The van der Waals surface area contributed by atoms with Gasteiger partial charge < -0.3 is 5.11 Å². The molecule has 0 aromatic carbocycles. The molecule has 0 fully saturated rings. The quantitative estimate of drug-likeness (QED) is 0.904. The van der Waals surface area contributed by atoms with E-state index < -0.39 is 6.10 Å². The SMILES string of the molecule is CCCC(O)C1=C(C)C(=O)c2cc(C)cnc2C1=O. The molecule has 2 rings (SSSR count). The first-order valence-corrected chi connectivity index (χ1v) is 6.42. The normalized spacial score (nSPS) is 16.6. The van der Waals surface area contributed by atoms with Crippen molar-refractivity contribution in [3.8, 4) is 0 Å². The number of aliphatic hydroxyl groups is 1. The Labute approximate surface area is 112 Å². The number of aliphatic hydroxyl groups excluding tert-OH is 1. The van der Waals surface area contributed by atoms with Gasteiger partial charge in [0, 0.05) is 17.3 Å². The average molecular weight is 259 g/mol. The molecule has 0 bridgehead atoms. The van der Waals surface area contributed by atoms with Crippen LogP contribution in [-0.4, -0.2) is 27.8 Å². The van der Waals surface area contributed by atoms with Crippen molar-refractivity contribution in [2.24, 2.45) is 0 Å². The molecule has 0 saturated carbocycles. The molecule has 1 atom stereocenters. The van der Waals surface area contributed by atoms with Gasteiger partial charge in [0.2, 0.25) is 5.78 Å². The van der Waals surface area contributed by atoms with Crippen LogP contribution in [0.4, 0.5) is 0 Å². The summed E-state index contributed by atoms with van der Waals surface area (Å²) >= 11 is 0. The van der Waals surface area contributed by atoms with Crippen LogP contribution in [0.25, 0.3) is 0 Å². The monoisotopic (exact) mass is 259 g/mol. The molecular weight excluding hydrogens is 242 g/mol. The fraction of sp³-hybridized carbons (Fsp3) is 0.400. The number of aryl methyl sites for hydroxylation is 1. The molecule has 1 aromatic heterocycles. The summed E-state index contributed by atoms with van der Waals surface area (Å²) in [4.78, 5) is 28.7. The number of rotatable bonds is 3. The predicted octanol–water partition coefficient (Wildman–Crippen LogP) is 2.25. The molecular formula is C15H17NO3. The summed E-state index contributed by atoms with van der Waals surface area (Å²) in [7, 11) is 0. The lowest BCUT2D eigenvalue weighted by Gasteiger charge is -2.21. The molecule has 1 heterocycles. The smallest absolute Gasteiger partial charge is 0.211 e. The molecule has 1 unspecified atom stereocenters. The third-order valence-electron chi connectivity index (χ3n) is 3.37. The van der Waals surface area contributed by atoms with Gasteiger partial charge in [-0.15, -0.1) is 0 Å². The molecule has 0 saturated heterocycles. The Hall–Kier alpha value is -1.81. The lowest BCUT2D eigenvalue weighted by atomic mass is 9.84. The number of aromatic nitrogens is 1. The zero-order valence-electron chi connectivity index (χ0n) is 11.4. The molecule has 0 spiro atoms. The highest BCUT2D eigenvalue weighted by molar-refractivity contribution is 6.26. The number of allylic oxidation sites excluding steroid dienone is 1. The van der Waals surface area contributed by atoms with E-state index in [4.69, 9.17) is 0 Å². The largest absolute Gasteiger partial charge is 0.388 e. The van der Waals surface area contributed by atoms with Crippen LogP contribution in [0.2, 0.25) is 0 Å². The van der Waals surface area contributed by atoms with Gasteiger partial charge in [0.15, 0.2) is 5.78 Å². The number of carbonyl (C=O) groups excluding carboxylic acids is 2. The predicted molar refractivity (Wildman–Crippen MR) is 71.2 cm³/mol. The van der Waals surface area contributed by atoms with Crippen molar-refractivity contribution in [3.05, 3.63) is 40.2 Å². The molecule has 4 heteroatoms. The number of pyridine rings is 1. The van der Waals surface area contributed by atoms with Gasteiger partial charge >= 0.3 is 0 Å². The highest BCUT2D eigenvalue weighted by atomic mass is 16.3. The highest BCUT2D eigenvalue weighted by Crippen LogP contribution is 2.28. The van der Waals surface area contributed by atoms with Gasteiger partial charge in [-0.3, -0.25) is 14.6 Å². The van der Waals surface area contributed by atoms with Crippen LogP contribution in [0.15, 0.2) is 23.4 Å². The maximum Gasteiger partial charge on any atom is 0.211 e. The van der Waals surface area contributed by atoms with Crippen molar-refractivity contribution in [2.75, 3.05) is 0 Å². The second kappa shape index (κ2) is 5.05. The minimum atomic E-state index is -0.891. The standard InChI is InChI=1S/C15H17NO3/c1-4-5-11(17)12-9(3)14(18)10-6-8(2)7-16-13(10)15(12)19/h6-7,11,17H,4-5H2,1-3H3. The van der Waals surface area contributed by atoms with E-state index >= 15 is 0 Å². The molecule has 100 valence electrons. The summed E-state index contributed by atoms with van der Waals surface area (Å²) in [5.41, 5.74) is 1.88. The fourth-order valence-electron chi connectivity index (χ4n) is 2.36. The van der Waals surface area contributed by atoms with Crippen LogP contribution in [0.5, 0.6) is 0 Å². The molecule has 1 aromatic rings. The lowest BCUT2D eigenvalue weighted by Crippen LogP contribution is -2.29. The maximum atomic E-state index is 12.4. The average Bonchev–Trinajstić information content (AvgIpc) is 2.36. The lowest BCUT2D eigenvalue weighted by molar-refractivity contribution is 0.0928. The Balaban J connectivity index is 2.55. The van der Waals surface area contributed by atoms with Crippen molar-refractivity contribution in [2.45, 2.75) is 39.7 Å². The summed E-state index contributed by atoms with van der Waals surface area (Å²) in [6.45, 7) is 5.34. The van der Waals surface area contributed by atoms with Crippen molar-refractivity contribution in [1.29, 1.82) is 0 Å². The van der Waals surface area contributed by atoms with E-state index in [-0.39, 0.29) is 22.8 Å². The third kappa shape index (κ3) is 2.24.